The monoisotopic (exact) mass is 415 g/mol. The molecule has 3 rings (SSSR count). The van der Waals surface area contributed by atoms with Crippen LogP contribution in [0, 0.1) is 5.92 Å². The molecule has 2 amide bonds. The predicted molar refractivity (Wildman–Crippen MR) is 124 cm³/mol. The van der Waals surface area contributed by atoms with E-state index in [2.05, 4.69) is 70.0 Å². The molecular weight excluding hydrogens is 374 g/mol. The van der Waals surface area contributed by atoms with Gasteiger partial charge in [-0.05, 0) is 55.6 Å². The van der Waals surface area contributed by atoms with Gasteiger partial charge in [-0.15, -0.1) is 0 Å². The maximum absolute atomic E-state index is 13.1. The Labute approximate surface area is 183 Å². The molecule has 30 heavy (non-hydrogen) atoms. The molecule has 2 aliphatic heterocycles. The van der Waals surface area contributed by atoms with E-state index in [1.807, 2.05) is 4.90 Å². The molecule has 0 unspecified atom stereocenters. The van der Waals surface area contributed by atoms with Crippen molar-refractivity contribution >= 4 is 11.7 Å². The number of amides is 2. The van der Waals surface area contributed by atoms with Crippen molar-refractivity contribution in [2.24, 2.45) is 5.92 Å². The number of para-hydroxylation sites is 1. The van der Waals surface area contributed by atoms with Crippen LogP contribution in [0.5, 0.6) is 0 Å². The molecule has 0 radical (unpaired) electrons. The molecule has 2 saturated heterocycles. The Morgan fingerprint density at radius 1 is 1.03 bits per heavy atom. The van der Waals surface area contributed by atoms with Gasteiger partial charge in [0, 0.05) is 38.4 Å². The number of urea groups is 1. The second kappa shape index (κ2) is 10.1. The summed E-state index contributed by atoms with van der Waals surface area (Å²) in [6.07, 6.45) is 2.79. The molecule has 2 aliphatic rings. The van der Waals surface area contributed by atoms with Gasteiger partial charge >= 0.3 is 6.03 Å². The third-order valence-corrected chi connectivity index (χ3v) is 6.52. The second-order valence-electron chi connectivity index (χ2n) is 9.96. The van der Waals surface area contributed by atoms with Crippen molar-refractivity contribution in [3.63, 3.8) is 0 Å². The summed E-state index contributed by atoms with van der Waals surface area (Å²) >= 11 is 0. The van der Waals surface area contributed by atoms with Gasteiger partial charge in [0.2, 0.25) is 0 Å². The summed E-state index contributed by atoms with van der Waals surface area (Å²) in [6.45, 7) is 17.9. The summed E-state index contributed by atoms with van der Waals surface area (Å²) in [7, 11) is 0. The Hall–Kier alpha value is -1.59. The topological polar surface area (TPSA) is 44.8 Å². The number of nitrogens with one attached hydrogen (secondary N) is 1. The van der Waals surface area contributed by atoms with Crippen LogP contribution in [0.25, 0.3) is 0 Å². The van der Waals surface area contributed by atoms with Crippen molar-refractivity contribution in [3.05, 3.63) is 29.3 Å². The van der Waals surface area contributed by atoms with Crippen LogP contribution < -0.4 is 5.32 Å². The highest BCUT2D eigenvalue weighted by Gasteiger charge is 2.28. The van der Waals surface area contributed by atoms with Gasteiger partial charge in [-0.3, -0.25) is 4.90 Å². The van der Waals surface area contributed by atoms with Crippen LogP contribution in [0.2, 0.25) is 0 Å². The number of piperidine rings is 1. The molecule has 2 atom stereocenters. The second-order valence-corrected chi connectivity index (χ2v) is 9.96. The smallest absolute Gasteiger partial charge is 0.321 e. The lowest BCUT2D eigenvalue weighted by atomic mass is 9.92. The van der Waals surface area contributed by atoms with Gasteiger partial charge in [0.25, 0.3) is 0 Å². The fraction of sp³-hybridized carbons (Fsp3) is 0.720. The van der Waals surface area contributed by atoms with E-state index in [0.717, 1.165) is 51.3 Å². The number of benzene rings is 1. The minimum atomic E-state index is 0.0528. The van der Waals surface area contributed by atoms with E-state index in [1.54, 1.807) is 0 Å². The van der Waals surface area contributed by atoms with Gasteiger partial charge in [0.15, 0.2) is 0 Å². The minimum absolute atomic E-state index is 0.0528. The molecule has 168 valence electrons. The van der Waals surface area contributed by atoms with Crippen LogP contribution in [-0.2, 0) is 4.74 Å². The summed E-state index contributed by atoms with van der Waals surface area (Å²) in [5.41, 5.74) is 3.46. The molecular formula is C25H41N3O2. The first-order valence-electron chi connectivity index (χ1n) is 11.8. The van der Waals surface area contributed by atoms with Gasteiger partial charge in [0.05, 0.1) is 12.2 Å². The first-order valence-corrected chi connectivity index (χ1v) is 11.8. The molecule has 0 spiro atoms. The zero-order valence-electron chi connectivity index (χ0n) is 19.8. The Kier molecular flexibility index (Phi) is 7.81. The number of morpholine rings is 1. The lowest BCUT2D eigenvalue weighted by Crippen LogP contribution is -2.49. The Morgan fingerprint density at radius 2 is 1.57 bits per heavy atom. The van der Waals surface area contributed by atoms with Gasteiger partial charge in [-0.2, -0.15) is 0 Å². The van der Waals surface area contributed by atoms with Gasteiger partial charge < -0.3 is 15.0 Å². The summed E-state index contributed by atoms with van der Waals surface area (Å²) in [6, 6.07) is 6.45. The zero-order chi connectivity index (χ0) is 21.8. The number of carbonyl (C=O) groups excluding carboxylic acids is 1. The molecule has 5 heteroatoms. The third kappa shape index (κ3) is 5.76. The fourth-order valence-electron chi connectivity index (χ4n) is 5.00. The zero-order valence-corrected chi connectivity index (χ0v) is 19.8. The third-order valence-electron chi connectivity index (χ3n) is 6.52. The summed E-state index contributed by atoms with van der Waals surface area (Å²) in [5, 5.41) is 3.28. The highest BCUT2D eigenvalue weighted by Crippen LogP contribution is 2.33. The van der Waals surface area contributed by atoms with E-state index in [9.17, 15) is 4.79 Å². The van der Waals surface area contributed by atoms with Crippen LogP contribution in [-0.4, -0.2) is 60.8 Å². The molecule has 1 N–H and O–H groups in total. The van der Waals surface area contributed by atoms with Crippen LogP contribution in [0.15, 0.2) is 18.2 Å². The number of nitrogens with zero attached hydrogens (tertiary/aromatic N) is 2. The molecule has 5 nitrogen and oxygen atoms in total. The number of carbonyl (C=O) groups is 1. The number of ether oxygens (including phenoxy) is 1. The SMILES string of the molecule is CC(C)c1cccc(C(C)C)c1NC(=O)N1CCC(CN2C[C@@H](C)O[C@@H](C)C2)CC1. The lowest BCUT2D eigenvalue weighted by molar-refractivity contribution is -0.0728. The molecule has 1 aromatic carbocycles. The molecule has 2 heterocycles. The van der Waals surface area contributed by atoms with Crippen molar-refractivity contribution in [2.45, 2.75) is 78.4 Å². The number of rotatable bonds is 5. The Balaban J connectivity index is 1.57. The maximum atomic E-state index is 13.1. The Bertz CT molecular complexity index is 674. The lowest BCUT2D eigenvalue weighted by Gasteiger charge is -2.39. The van der Waals surface area contributed by atoms with Crippen LogP contribution in [0.4, 0.5) is 10.5 Å². The average Bonchev–Trinajstić information content (AvgIpc) is 2.67. The first kappa shape index (κ1) is 23.1. The standard InChI is InChI=1S/C25H41N3O2/c1-17(2)22-8-7-9-23(18(3)4)24(22)26-25(29)28-12-10-21(11-13-28)16-27-14-19(5)30-20(6)15-27/h7-9,17-21H,10-16H2,1-6H3,(H,26,29)/t19-,20+. The fourth-order valence-corrected chi connectivity index (χ4v) is 5.00. The summed E-state index contributed by atoms with van der Waals surface area (Å²) in [4.78, 5) is 17.6. The number of likely N-dealkylation sites (tertiary alicyclic amines) is 1. The minimum Gasteiger partial charge on any atom is -0.373 e. The maximum Gasteiger partial charge on any atom is 0.321 e. The van der Waals surface area contributed by atoms with Crippen molar-refractivity contribution in [1.82, 2.24) is 9.80 Å². The van der Waals surface area contributed by atoms with E-state index >= 15 is 0 Å². The highest BCUT2D eigenvalue weighted by molar-refractivity contribution is 5.91. The number of hydrogen-bond acceptors (Lipinski definition) is 3. The molecule has 2 fully saturated rings. The molecule has 0 saturated carbocycles. The molecule has 0 aromatic heterocycles. The number of anilines is 1. The van der Waals surface area contributed by atoms with Crippen molar-refractivity contribution in [1.29, 1.82) is 0 Å². The number of hydrogen-bond donors (Lipinski definition) is 1. The van der Waals surface area contributed by atoms with Crippen molar-refractivity contribution < 1.29 is 9.53 Å². The first-order chi connectivity index (χ1) is 14.2. The molecule has 0 aliphatic carbocycles. The van der Waals surface area contributed by atoms with Crippen LogP contribution in [0.1, 0.15) is 77.3 Å². The molecule has 0 bridgehead atoms. The normalized spacial score (nSPS) is 23.9. The van der Waals surface area contributed by atoms with Crippen LogP contribution >= 0.6 is 0 Å². The molecule has 1 aromatic rings. The van der Waals surface area contributed by atoms with E-state index in [1.165, 1.54) is 11.1 Å². The average molecular weight is 416 g/mol. The van der Waals surface area contributed by atoms with Crippen LogP contribution in [0.3, 0.4) is 0 Å². The van der Waals surface area contributed by atoms with Gasteiger partial charge in [-0.25, -0.2) is 4.79 Å². The van der Waals surface area contributed by atoms with E-state index in [-0.39, 0.29) is 6.03 Å². The van der Waals surface area contributed by atoms with E-state index in [0.29, 0.717) is 30.0 Å². The quantitative estimate of drug-likeness (QED) is 0.711. The van der Waals surface area contributed by atoms with Gasteiger partial charge in [0.1, 0.15) is 0 Å². The van der Waals surface area contributed by atoms with Crippen molar-refractivity contribution in [3.8, 4) is 0 Å². The highest BCUT2D eigenvalue weighted by atomic mass is 16.5. The van der Waals surface area contributed by atoms with E-state index in [4.69, 9.17) is 4.74 Å². The Morgan fingerprint density at radius 3 is 2.07 bits per heavy atom. The summed E-state index contributed by atoms with van der Waals surface area (Å²) < 4.78 is 5.86. The van der Waals surface area contributed by atoms with E-state index < -0.39 is 0 Å². The van der Waals surface area contributed by atoms with Crippen molar-refractivity contribution in [2.75, 3.05) is 38.0 Å². The van der Waals surface area contributed by atoms with Gasteiger partial charge in [-0.1, -0.05) is 45.9 Å². The largest absolute Gasteiger partial charge is 0.373 e. The summed E-state index contributed by atoms with van der Waals surface area (Å²) in [5.74, 6) is 1.42. The predicted octanol–water partition coefficient (Wildman–Crippen LogP) is 5.29.